The Bertz CT molecular complexity index is 672. The zero-order valence-electron chi connectivity index (χ0n) is 11.1. The van der Waals surface area contributed by atoms with E-state index in [9.17, 15) is 4.79 Å². The van der Waals surface area contributed by atoms with Gasteiger partial charge in [0.2, 0.25) is 0 Å². The maximum absolute atomic E-state index is 12.3. The Morgan fingerprint density at radius 1 is 1.35 bits per heavy atom. The molecule has 0 bridgehead atoms. The van der Waals surface area contributed by atoms with Crippen LogP contribution < -0.4 is 11.1 Å². The van der Waals surface area contributed by atoms with Crippen molar-refractivity contribution >= 4 is 44.5 Å². The average molecular weight is 351 g/mol. The normalized spacial score (nSPS) is 13.3. The second-order valence-electron chi connectivity index (χ2n) is 5.06. The maximum atomic E-state index is 12.3. The Morgan fingerprint density at radius 3 is 2.90 bits per heavy atom. The van der Waals surface area contributed by atoms with Gasteiger partial charge in [0, 0.05) is 15.0 Å². The van der Waals surface area contributed by atoms with Crippen LogP contribution in [0.15, 0.2) is 22.7 Å². The monoisotopic (exact) mass is 350 g/mol. The van der Waals surface area contributed by atoms with Gasteiger partial charge in [-0.3, -0.25) is 4.79 Å². The third-order valence-electron chi connectivity index (χ3n) is 3.57. The van der Waals surface area contributed by atoms with Gasteiger partial charge in [0.1, 0.15) is 0 Å². The van der Waals surface area contributed by atoms with Crippen molar-refractivity contribution in [2.45, 2.75) is 26.2 Å². The van der Waals surface area contributed by atoms with Gasteiger partial charge in [0.05, 0.1) is 10.6 Å². The summed E-state index contributed by atoms with van der Waals surface area (Å²) in [5.41, 5.74) is 9.61. The van der Waals surface area contributed by atoms with Gasteiger partial charge in [0.15, 0.2) is 0 Å². The Balaban J connectivity index is 1.83. The van der Waals surface area contributed by atoms with Crippen LogP contribution in [0.4, 0.5) is 11.4 Å². The number of halogens is 1. The maximum Gasteiger partial charge on any atom is 0.265 e. The molecular weight excluding hydrogens is 336 g/mol. The summed E-state index contributed by atoms with van der Waals surface area (Å²) in [6.45, 7) is 1.94. The second kappa shape index (κ2) is 5.22. The van der Waals surface area contributed by atoms with Crippen molar-refractivity contribution in [1.82, 2.24) is 0 Å². The molecule has 0 unspecified atom stereocenters. The molecule has 5 heteroatoms. The molecule has 3 nitrogen and oxygen atoms in total. The molecule has 20 heavy (non-hydrogen) atoms. The number of fused-ring (bicyclic) bond motifs is 1. The van der Waals surface area contributed by atoms with E-state index in [0.717, 1.165) is 27.8 Å². The molecule has 1 aliphatic rings. The lowest BCUT2D eigenvalue weighted by molar-refractivity contribution is 0.103. The van der Waals surface area contributed by atoms with Crippen LogP contribution in [0.25, 0.3) is 0 Å². The summed E-state index contributed by atoms with van der Waals surface area (Å²) < 4.78 is 0.849. The molecule has 1 aromatic carbocycles. The summed E-state index contributed by atoms with van der Waals surface area (Å²) in [6.07, 6.45) is 3.41. The Hall–Kier alpha value is -1.33. The van der Waals surface area contributed by atoms with Crippen molar-refractivity contribution < 1.29 is 4.79 Å². The summed E-state index contributed by atoms with van der Waals surface area (Å²) in [5, 5.41) is 2.93. The van der Waals surface area contributed by atoms with Crippen molar-refractivity contribution in [1.29, 1.82) is 0 Å². The van der Waals surface area contributed by atoms with E-state index in [1.807, 2.05) is 19.1 Å². The number of carbonyl (C=O) groups excluding carboxylic acids is 1. The number of nitrogens with one attached hydrogen (secondary N) is 1. The highest BCUT2D eigenvalue weighted by Gasteiger charge is 2.19. The van der Waals surface area contributed by atoms with Crippen molar-refractivity contribution in [2.24, 2.45) is 0 Å². The minimum absolute atomic E-state index is 0.0617. The molecule has 0 radical (unpaired) electrons. The molecule has 0 fully saturated rings. The van der Waals surface area contributed by atoms with Crippen molar-refractivity contribution in [2.75, 3.05) is 11.1 Å². The molecular formula is C15H15BrN2OS. The minimum Gasteiger partial charge on any atom is -0.398 e. The fourth-order valence-corrected chi connectivity index (χ4v) is 4.12. The number of thiophene rings is 1. The molecule has 0 atom stereocenters. The number of carbonyl (C=O) groups is 1. The summed E-state index contributed by atoms with van der Waals surface area (Å²) in [6, 6.07) is 5.73. The Labute approximate surface area is 130 Å². The van der Waals surface area contributed by atoms with Crippen LogP contribution in [0.3, 0.4) is 0 Å². The molecule has 2 aromatic rings. The van der Waals surface area contributed by atoms with Crippen LogP contribution in [0.1, 0.15) is 32.1 Å². The van der Waals surface area contributed by atoms with Gasteiger partial charge in [-0.05, 0) is 71.4 Å². The van der Waals surface area contributed by atoms with E-state index in [4.69, 9.17) is 5.73 Å². The highest BCUT2D eigenvalue weighted by Crippen LogP contribution is 2.32. The molecule has 1 aromatic heterocycles. The van der Waals surface area contributed by atoms with E-state index in [0.29, 0.717) is 11.4 Å². The average Bonchev–Trinajstić information content (AvgIpc) is 2.96. The van der Waals surface area contributed by atoms with E-state index in [2.05, 4.69) is 21.2 Å². The number of nitrogens with two attached hydrogens (primary N) is 1. The molecule has 104 valence electrons. The Kier molecular flexibility index (Phi) is 3.56. The third-order valence-corrected chi connectivity index (χ3v) is 5.47. The fourth-order valence-electron chi connectivity index (χ4n) is 2.41. The van der Waals surface area contributed by atoms with Gasteiger partial charge < -0.3 is 11.1 Å². The van der Waals surface area contributed by atoms with Crippen LogP contribution in [0, 0.1) is 6.92 Å². The molecule has 1 aliphatic carbocycles. The predicted molar refractivity (Wildman–Crippen MR) is 87.6 cm³/mol. The zero-order chi connectivity index (χ0) is 14.3. The van der Waals surface area contributed by atoms with Gasteiger partial charge in [-0.25, -0.2) is 0 Å². The van der Waals surface area contributed by atoms with Crippen LogP contribution in [-0.2, 0) is 12.8 Å². The van der Waals surface area contributed by atoms with Crippen LogP contribution in [0.5, 0.6) is 0 Å². The quantitative estimate of drug-likeness (QED) is 0.799. The number of hydrogen-bond donors (Lipinski definition) is 2. The third kappa shape index (κ3) is 2.47. The van der Waals surface area contributed by atoms with E-state index >= 15 is 0 Å². The summed E-state index contributed by atoms with van der Waals surface area (Å²) in [5.74, 6) is -0.0617. The lowest BCUT2D eigenvalue weighted by Gasteiger charge is -2.09. The Morgan fingerprint density at radius 2 is 2.15 bits per heavy atom. The first-order chi connectivity index (χ1) is 9.54. The number of rotatable bonds is 2. The smallest absolute Gasteiger partial charge is 0.265 e. The van der Waals surface area contributed by atoms with Crippen molar-refractivity contribution in [3.05, 3.63) is 43.6 Å². The molecule has 1 heterocycles. The molecule has 1 amide bonds. The van der Waals surface area contributed by atoms with Gasteiger partial charge >= 0.3 is 0 Å². The molecule has 3 N–H and O–H groups in total. The summed E-state index contributed by atoms with van der Waals surface area (Å²) in [4.78, 5) is 14.4. The van der Waals surface area contributed by atoms with Gasteiger partial charge in [-0.2, -0.15) is 0 Å². The van der Waals surface area contributed by atoms with E-state index in [1.165, 1.54) is 16.9 Å². The SMILES string of the molecule is Cc1cc(Br)c(NC(=O)c2cc3c(s2)CCC3)cc1N. The first-order valence-electron chi connectivity index (χ1n) is 6.53. The molecule has 0 saturated carbocycles. The number of anilines is 2. The first-order valence-corrected chi connectivity index (χ1v) is 8.14. The first kappa shape index (κ1) is 13.6. The van der Waals surface area contributed by atoms with Gasteiger partial charge in [-0.1, -0.05) is 0 Å². The molecule has 3 rings (SSSR count). The topological polar surface area (TPSA) is 55.1 Å². The molecule has 0 aliphatic heterocycles. The van der Waals surface area contributed by atoms with Crippen molar-refractivity contribution in [3.63, 3.8) is 0 Å². The molecule has 0 saturated heterocycles. The number of benzene rings is 1. The van der Waals surface area contributed by atoms with Crippen molar-refractivity contribution in [3.8, 4) is 0 Å². The fraction of sp³-hybridized carbons (Fsp3) is 0.267. The highest BCUT2D eigenvalue weighted by molar-refractivity contribution is 9.10. The minimum atomic E-state index is -0.0617. The van der Waals surface area contributed by atoms with E-state index in [-0.39, 0.29) is 5.91 Å². The highest BCUT2D eigenvalue weighted by atomic mass is 79.9. The van der Waals surface area contributed by atoms with Crippen LogP contribution >= 0.6 is 27.3 Å². The van der Waals surface area contributed by atoms with E-state index < -0.39 is 0 Å². The largest absolute Gasteiger partial charge is 0.398 e. The van der Waals surface area contributed by atoms with E-state index in [1.54, 1.807) is 17.4 Å². The summed E-state index contributed by atoms with van der Waals surface area (Å²) >= 11 is 5.06. The van der Waals surface area contributed by atoms with Crippen LogP contribution in [-0.4, -0.2) is 5.91 Å². The second-order valence-corrected chi connectivity index (χ2v) is 7.05. The summed E-state index contributed by atoms with van der Waals surface area (Å²) in [7, 11) is 0. The number of amides is 1. The van der Waals surface area contributed by atoms with Gasteiger partial charge in [-0.15, -0.1) is 11.3 Å². The standard InChI is InChI=1S/C15H15BrN2OS/c1-8-5-10(16)12(7-11(8)17)18-15(19)14-6-9-3-2-4-13(9)20-14/h5-7H,2-4,17H2,1H3,(H,18,19). The van der Waals surface area contributed by atoms with Gasteiger partial charge in [0.25, 0.3) is 5.91 Å². The lowest BCUT2D eigenvalue weighted by atomic mass is 10.2. The predicted octanol–water partition coefficient (Wildman–Crippen LogP) is 4.14. The lowest BCUT2D eigenvalue weighted by Crippen LogP contribution is -2.11. The zero-order valence-corrected chi connectivity index (χ0v) is 13.5. The number of aryl methyl sites for hydroxylation is 3. The molecule has 0 spiro atoms. The van der Waals surface area contributed by atoms with Crippen LogP contribution in [0.2, 0.25) is 0 Å². The number of hydrogen-bond acceptors (Lipinski definition) is 3. The number of nitrogen functional groups attached to an aromatic ring is 1.